The Morgan fingerprint density at radius 3 is 2.79 bits per heavy atom. The number of phenols is 1. The SMILES string of the molecule is CCCC[C@H]1O[C@H](CC(=O)OC)Cc2cc3c(c(O)c21)C(=O)C=C(NC)C3=O. The van der Waals surface area contributed by atoms with Crippen LogP contribution in [0.2, 0.25) is 0 Å². The molecule has 2 aliphatic rings. The average molecular weight is 387 g/mol. The van der Waals surface area contributed by atoms with Gasteiger partial charge in [0.2, 0.25) is 5.78 Å². The van der Waals surface area contributed by atoms with Gasteiger partial charge < -0.3 is 19.9 Å². The van der Waals surface area contributed by atoms with Gasteiger partial charge in [-0.3, -0.25) is 14.4 Å². The molecule has 7 nitrogen and oxygen atoms in total. The van der Waals surface area contributed by atoms with Gasteiger partial charge in [0, 0.05) is 24.3 Å². The minimum absolute atomic E-state index is 0.0271. The number of carbonyl (C=O) groups excluding carboxylic acids is 3. The average Bonchev–Trinajstić information content (AvgIpc) is 2.68. The number of benzene rings is 1. The van der Waals surface area contributed by atoms with Crippen molar-refractivity contribution in [2.75, 3.05) is 14.2 Å². The zero-order valence-corrected chi connectivity index (χ0v) is 16.3. The summed E-state index contributed by atoms with van der Waals surface area (Å²) in [6.07, 6.45) is 3.25. The minimum atomic E-state index is -0.443. The van der Waals surface area contributed by atoms with Crippen LogP contribution in [-0.2, 0) is 20.7 Å². The molecule has 1 aliphatic carbocycles. The molecule has 0 aromatic heterocycles. The third kappa shape index (κ3) is 3.54. The van der Waals surface area contributed by atoms with E-state index in [0.29, 0.717) is 18.4 Å². The third-order valence-corrected chi connectivity index (χ3v) is 5.27. The quantitative estimate of drug-likeness (QED) is 0.724. The van der Waals surface area contributed by atoms with E-state index in [9.17, 15) is 19.5 Å². The number of fused-ring (bicyclic) bond motifs is 2. The number of hydrogen-bond donors (Lipinski definition) is 2. The third-order valence-electron chi connectivity index (χ3n) is 5.27. The smallest absolute Gasteiger partial charge is 0.308 e. The van der Waals surface area contributed by atoms with Gasteiger partial charge in [0.15, 0.2) is 5.78 Å². The Morgan fingerprint density at radius 1 is 1.39 bits per heavy atom. The van der Waals surface area contributed by atoms with Crippen molar-refractivity contribution in [1.29, 1.82) is 0 Å². The van der Waals surface area contributed by atoms with Crippen LogP contribution in [0.25, 0.3) is 0 Å². The number of aromatic hydroxyl groups is 1. The number of likely N-dealkylation sites (N-methyl/N-ethyl adjacent to an activating group) is 1. The molecule has 0 radical (unpaired) electrons. The first-order valence-electron chi connectivity index (χ1n) is 9.50. The summed E-state index contributed by atoms with van der Waals surface area (Å²) in [6.45, 7) is 2.05. The van der Waals surface area contributed by atoms with Crippen molar-refractivity contribution in [1.82, 2.24) is 5.32 Å². The van der Waals surface area contributed by atoms with Crippen molar-refractivity contribution < 1.29 is 29.0 Å². The lowest BCUT2D eigenvalue weighted by molar-refractivity contribution is -0.145. The number of carbonyl (C=O) groups is 3. The highest BCUT2D eigenvalue weighted by atomic mass is 16.5. The maximum atomic E-state index is 12.7. The van der Waals surface area contributed by atoms with Gasteiger partial charge in [0.25, 0.3) is 0 Å². The number of unbranched alkanes of at least 4 members (excludes halogenated alkanes) is 1. The molecule has 1 heterocycles. The summed E-state index contributed by atoms with van der Waals surface area (Å²) in [7, 11) is 2.90. The Bertz CT molecular complexity index is 857. The Morgan fingerprint density at radius 2 is 2.14 bits per heavy atom. The number of nitrogens with one attached hydrogen (secondary N) is 1. The van der Waals surface area contributed by atoms with Crippen molar-refractivity contribution >= 4 is 17.5 Å². The fourth-order valence-electron chi connectivity index (χ4n) is 3.88. The highest BCUT2D eigenvalue weighted by Crippen LogP contribution is 2.44. The number of ketones is 2. The van der Waals surface area contributed by atoms with Gasteiger partial charge in [-0.05, 0) is 24.5 Å². The van der Waals surface area contributed by atoms with Crippen LogP contribution < -0.4 is 5.32 Å². The van der Waals surface area contributed by atoms with E-state index in [1.54, 1.807) is 13.1 Å². The van der Waals surface area contributed by atoms with E-state index in [4.69, 9.17) is 9.47 Å². The zero-order chi connectivity index (χ0) is 20.4. The van der Waals surface area contributed by atoms with E-state index in [2.05, 4.69) is 12.2 Å². The first-order chi connectivity index (χ1) is 13.4. The molecular formula is C21H25NO6. The van der Waals surface area contributed by atoms with Crippen molar-refractivity contribution in [2.24, 2.45) is 0 Å². The predicted octanol–water partition coefficient (Wildman–Crippen LogP) is 2.61. The van der Waals surface area contributed by atoms with Crippen LogP contribution in [0.1, 0.15) is 70.6 Å². The number of hydrogen-bond acceptors (Lipinski definition) is 7. The number of esters is 1. The number of allylic oxidation sites excluding steroid dienone is 2. The normalized spacial score (nSPS) is 20.9. The number of Topliss-reactive ketones (excluding diaryl/α,β-unsaturated/α-hetero) is 1. The molecule has 0 spiro atoms. The van der Waals surface area contributed by atoms with Gasteiger partial charge in [0.1, 0.15) is 5.75 Å². The highest BCUT2D eigenvalue weighted by molar-refractivity contribution is 6.25. The van der Waals surface area contributed by atoms with E-state index in [1.165, 1.54) is 13.2 Å². The predicted molar refractivity (Wildman–Crippen MR) is 101 cm³/mol. The molecule has 1 aromatic rings. The van der Waals surface area contributed by atoms with Gasteiger partial charge >= 0.3 is 5.97 Å². The van der Waals surface area contributed by atoms with Crippen molar-refractivity contribution in [2.45, 2.75) is 51.2 Å². The van der Waals surface area contributed by atoms with Crippen molar-refractivity contribution in [3.8, 4) is 5.75 Å². The molecule has 0 amide bonds. The fraction of sp³-hybridized carbons (Fsp3) is 0.476. The molecule has 28 heavy (non-hydrogen) atoms. The summed E-state index contributed by atoms with van der Waals surface area (Å²) in [5.41, 5.74) is 1.68. The Kier molecular flexibility index (Phi) is 5.84. The van der Waals surface area contributed by atoms with Crippen LogP contribution in [0.3, 0.4) is 0 Å². The summed E-state index contributed by atoms with van der Waals surface area (Å²) in [5.74, 6) is -1.31. The molecule has 2 atom stereocenters. The van der Waals surface area contributed by atoms with Crippen LogP contribution in [0.15, 0.2) is 17.8 Å². The number of rotatable bonds is 6. The van der Waals surface area contributed by atoms with Crippen LogP contribution in [0, 0.1) is 0 Å². The Labute approximate surface area is 163 Å². The molecule has 0 bridgehead atoms. The second-order valence-corrected chi connectivity index (χ2v) is 7.10. The standard InChI is InChI=1S/C21H25NO6/c1-4-5-6-16-18-11(7-12(28-16)9-17(24)27-3)8-13-19(21(18)26)15(23)10-14(22-2)20(13)25/h8,10,12,16,22,26H,4-7,9H2,1-3H3/t12-,16+/m0/s1. The van der Waals surface area contributed by atoms with E-state index in [1.807, 2.05) is 0 Å². The van der Waals surface area contributed by atoms with E-state index >= 15 is 0 Å². The monoisotopic (exact) mass is 387 g/mol. The largest absolute Gasteiger partial charge is 0.507 e. The van der Waals surface area contributed by atoms with Gasteiger partial charge in [0.05, 0.1) is 37.0 Å². The lowest BCUT2D eigenvalue weighted by Crippen LogP contribution is -2.31. The molecule has 0 saturated heterocycles. The molecular weight excluding hydrogens is 362 g/mol. The van der Waals surface area contributed by atoms with Crippen LogP contribution in [0.5, 0.6) is 5.75 Å². The van der Waals surface area contributed by atoms with Gasteiger partial charge in [-0.1, -0.05) is 19.8 Å². The summed E-state index contributed by atoms with van der Waals surface area (Å²) >= 11 is 0. The summed E-state index contributed by atoms with van der Waals surface area (Å²) in [6, 6.07) is 1.67. The molecule has 0 fully saturated rings. The van der Waals surface area contributed by atoms with Crippen LogP contribution in [0.4, 0.5) is 0 Å². The van der Waals surface area contributed by atoms with Crippen molar-refractivity contribution in [3.05, 3.63) is 40.1 Å². The lowest BCUT2D eigenvalue weighted by atomic mass is 9.82. The second kappa shape index (κ2) is 8.14. The maximum absolute atomic E-state index is 12.7. The summed E-state index contributed by atoms with van der Waals surface area (Å²) in [5, 5.41) is 13.6. The summed E-state index contributed by atoms with van der Waals surface area (Å²) < 4.78 is 10.8. The maximum Gasteiger partial charge on any atom is 0.308 e. The first kappa shape index (κ1) is 20.1. The number of methoxy groups -OCH3 is 1. The molecule has 0 saturated carbocycles. The minimum Gasteiger partial charge on any atom is -0.507 e. The topological polar surface area (TPSA) is 102 Å². The number of phenolic OH excluding ortho intramolecular Hbond substituents is 1. The molecule has 0 unspecified atom stereocenters. The molecule has 1 aromatic carbocycles. The number of ether oxygens (including phenoxy) is 2. The van der Waals surface area contributed by atoms with Crippen LogP contribution >= 0.6 is 0 Å². The molecule has 1 aliphatic heterocycles. The van der Waals surface area contributed by atoms with Gasteiger partial charge in [-0.2, -0.15) is 0 Å². The fourth-order valence-corrected chi connectivity index (χ4v) is 3.88. The van der Waals surface area contributed by atoms with E-state index in [-0.39, 0.29) is 40.7 Å². The highest BCUT2D eigenvalue weighted by Gasteiger charge is 2.37. The molecule has 7 heteroatoms. The Hall–Kier alpha value is -2.67. The molecule has 3 rings (SSSR count). The zero-order valence-electron chi connectivity index (χ0n) is 16.3. The molecule has 150 valence electrons. The van der Waals surface area contributed by atoms with E-state index < -0.39 is 18.0 Å². The first-order valence-corrected chi connectivity index (χ1v) is 9.50. The van der Waals surface area contributed by atoms with Gasteiger partial charge in [-0.25, -0.2) is 0 Å². The second-order valence-electron chi connectivity index (χ2n) is 7.10. The van der Waals surface area contributed by atoms with Gasteiger partial charge in [-0.15, -0.1) is 0 Å². The lowest BCUT2D eigenvalue weighted by Gasteiger charge is -2.34. The van der Waals surface area contributed by atoms with Crippen molar-refractivity contribution in [3.63, 3.8) is 0 Å². The Balaban J connectivity index is 2.08. The summed E-state index contributed by atoms with van der Waals surface area (Å²) in [4.78, 5) is 37.0. The van der Waals surface area contributed by atoms with Crippen LogP contribution in [-0.4, -0.2) is 42.9 Å². The molecule has 2 N–H and O–H groups in total. The van der Waals surface area contributed by atoms with E-state index in [0.717, 1.165) is 18.4 Å².